The third-order valence-corrected chi connectivity index (χ3v) is 4.73. The van der Waals surface area contributed by atoms with Crippen molar-refractivity contribution in [2.24, 2.45) is 0 Å². The van der Waals surface area contributed by atoms with Crippen molar-refractivity contribution in [1.29, 1.82) is 0 Å². The molecule has 5 rings (SSSR count). The van der Waals surface area contributed by atoms with Gasteiger partial charge in [-0.15, -0.1) is 0 Å². The van der Waals surface area contributed by atoms with E-state index < -0.39 is 0 Å². The molecule has 2 aromatic carbocycles. The highest BCUT2D eigenvalue weighted by molar-refractivity contribution is 5.96. The number of nitrogens with zero attached hydrogens (tertiary/aromatic N) is 4. The van der Waals surface area contributed by atoms with E-state index in [0.717, 1.165) is 49.0 Å². The first kappa shape index (κ1) is 14.4. The molecule has 1 aliphatic heterocycles. The Bertz CT molecular complexity index is 1040. The van der Waals surface area contributed by atoms with E-state index in [9.17, 15) is 0 Å². The molecule has 0 spiro atoms. The maximum absolute atomic E-state index is 5.49. The maximum Gasteiger partial charge on any atom is 0.180 e. The number of rotatable bonds is 2. The molecule has 3 heterocycles. The maximum atomic E-state index is 5.49. The minimum absolute atomic E-state index is 0.729. The van der Waals surface area contributed by atoms with Crippen LogP contribution in [0.1, 0.15) is 0 Å². The third kappa shape index (κ3) is 2.44. The molecule has 0 N–H and O–H groups in total. The highest BCUT2D eigenvalue weighted by Crippen LogP contribution is 2.30. The zero-order valence-corrected chi connectivity index (χ0v) is 13.8. The van der Waals surface area contributed by atoms with E-state index >= 15 is 0 Å². The van der Waals surface area contributed by atoms with Crippen molar-refractivity contribution in [3.63, 3.8) is 0 Å². The Balaban J connectivity index is 1.73. The molecular formula is C20H18N4O. The molecule has 1 saturated heterocycles. The molecule has 0 atom stereocenters. The predicted octanol–water partition coefficient (Wildman–Crippen LogP) is 3.39. The van der Waals surface area contributed by atoms with Gasteiger partial charge in [-0.2, -0.15) is 0 Å². The van der Waals surface area contributed by atoms with E-state index in [4.69, 9.17) is 9.72 Å². The Morgan fingerprint density at radius 1 is 0.960 bits per heavy atom. The van der Waals surface area contributed by atoms with Gasteiger partial charge in [0.15, 0.2) is 11.5 Å². The molecule has 0 saturated carbocycles. The van der Waals surface area contributed by atoms with Gasteiger partial charge in [0.25, 0.3) is 0 Å². The van der Waals surface area contributed by atoms with Gasteiger partial charge in [0.1, 0.15) is 0 Å². The van der Waals surface area contributed by atoms with Crippen LogP contribution in [-0.2, 0) is 4.74 Å². The lowest BCUT2D eigenvalue weighted by Gasteiger charge is -2.28. The fourth-order valence-electron chi connectivity index (χ4n) is 3.48. The number of ether oxygens (including phenoxy) is 1. The van der Waals surface area contributed by atoms with Gasteiger partial charge in [-0.1, -0.05) is 42.5 Å². The summed E-state index contributed by atoms with van der Waals surface area (Å²) in [6.45, 7) is 3.14. The van der Waals surface area contributed by atoms with Crippen molar-refractivity contribution in [3.8, 4) is 11.3 Å². The fraction of sp³-hybridized carbons (Fsp3) is 0.200. The number of fused-ring (bicyclic) bond motifs is 2. The molecule has 0 bridgehead atoms. The van der Waals surface area contributed by atoms with Crippen LogP contribution in [0, 0.1) is 0 Å². The van der Waals surface area contributed by atoms with Crippen molar-refractivity contribution < 1.29 is 4.74 Å². The molecule has 124 valence electrons. The van der Waals surface area contributed by atoms with Gasteiger partial charge >= 0.3 is 0 Å². The van der Waals surface area contributed by atoms with Crippen molar-refractivity contribution in [3.05, 3.63) is 61.1 Å². The normalized spacial score (nSPS) is 15.1. The number of hydrogen-bond donors (Lipinski definition) is 0. The standard InChI is InChI=1S/C20H18N4O/c1-2-6-16-15(4-1)5-3-7-17(16)18-14-24-9-8-21-19(24)20(22-18)23-10-12-25-13-11-23/h1-9,14H,10-13H2. The van der Waals surface area contributed by atoms with Gasteiger partial charge < -0.3 is 14.0 Å². The highest BCUT2D eigenvalue weighted by Gasteiger charge is 2.18. The average Bonchev–Trinajstić information content (AvgIpc) is 3.16. The van der Waals surface area contributed by atoms with Crippen LogP contribution >= 0.6 is 0 Å². The van der Waals surface area contributed by atoms with Gasteiger partial charge in [-0.25, -0.2) is 9.97 Å². The Morgan fingerprint density at radius 2 is 1.80 bits per heavy atom. The third-order valence-electron chi connectivity index (χ3n) is 4.73. The zero-order chi connectivity index (χ0) is 16.6. The molecule has 0 unspecified atom stereocenters. The number of aromatic nitrogens is 3. The summed E-state index contributed by atoms with van der Waals surface area (Å²) >= 11 is 0. The second-order valence-electron chi connectivity index (χ2n) is 6.23. The number of anilines is 1. The molecule has 5 nitrogen and oxygen atoms in total. The molecule has 25 heavy (non-hydrogen) atoms. The molecule has 0 radical (unpaired) electrons. The Labute approximate surface area is 145 Å². The SMILES string of the molecule is c1ccc2c(-c3cn4ccnc4c(N4CCOCC4)n3)cccc2c1. The van der Waals surface area contributed by atoms with Crippen LogP contribution < -0.4 is 4.90 Å². The number of benzene rings is 2. The minimum Gasteiger partial charge on any atom is -0.378 e. The van der Waals surface area contributed by atoms with Crippen LogP contribution in [0.25, 0.3) is 27.7 Å². The summed E-state index contributed by atoms with van der Waals surface area (Å²) in [7, 11) is 0. The topological polar surface area (TPSA) is 42.7 Å². The first-order valence-corrected chi connectivity index (χ1v) is 8.55. The minimum atomic E-state index is 0.729. The van der Waals surface area contributed by atoms with Gasteiger partial charge in [0.2, 0.25) is 0 Å². The van der Waals surface area contributed by atoms with E-state index in [1.807, 2.05) is 12.4 Å². The van der Waals surface area contributed by atoms with E-state index in [1.54, 1.807) is 0 Å². The van der Waals surface area contributed by atoms with Crippen LogP contribution in [0.15, 0.2) is 61.1 Å². The summed E-state index contributed by atoms with van der Waals surface area (Å²) in [5.41, 5.74) is 3.00. The summed E-state index contributed by atoms with van der Waals surface area (Å²) < 4.78 is 7.56. The Kier molecular flexibility index (Phi) is 3.38. The van der Waals surface area contributed by atoms with Crippen LogP contribution in [0.5, 0.6) is 0 Å². The summed E-state index contributed by atoms with van der Waals surface area (Å²) in [5.74, 6) is 0.929. The van der Waals surface area contributed by atoms with Gasteiger partial charge in [-0.05, 0) is 10.8 Å². The average molecular weight is 330 g/mol. The van der Waals surface area contributed by atoms with Crippen molar-refractivity contribution in [2.75, 3.05) is 31.2 Å². The monoisotopic (exact) mass is 330 g/mol. The predicted molar refractivity (Wildman–Crippen MR) is 99.0 cm³/mol. The molecule has 1 aliphatic rings. The van der Waals surface area contributed by atoms with Crippen molar-refractivity contribution >= 4 is 22.2 Å². The molecule has 5 heteroatoms. The summed E-state index contributed by atoms with van der Waals surface area (Å²) in [6.07, 6.45) is 5.87. The second kappa shape index (κ2) is 5.86. The molecule has 1 fully saturated rings. The van der Waals surface area contributed by atoms with Crippen LogP contribution in [-0.4, -0.2) is 40.7 Å². The van der Waals surface area contributed by atoms with E-state index in [-0.39, 0.29) is 0 Å². The zero-order valence-electron chi connectivity index (χ0n) is 13.8. The van der Waals surface area contributed by atoms with Crippen molar-refractivity contribution in [2.45, 2.75) is 0 Å². The summed E-state index contributed by atoms with van der Waals surface area (Å²) in [4.78, 5) is 11.8. The number of hydrogen-bond acceptors (Lipinski definition) is 4. The molecule has 0 amide bonds. The fourth-order valence-corrected chi connectivity index (χ4v) is 3.48. The summed E-state index contributed by atoms with van der Waals surface area (Å²) in [5, 5.41) is 2.44. The highest BCUT2D eigenvalue weighted by atomic mass is 16.5. The molecule has 2 aromatic heterocycles. The van der Waals surface area contributed by atoms with E-state index in [1.165, 1.54) is 10.8 Å². The Morgan fingerprint density at radius 3 is 2.72 bits per heavy atom. The Hall–Kier alpha value is -2.92. The largest absolute Gasteiger partial charge is 0.378 e. The number of imidazole rings is 1. The molecule has 0 aliphatic carbocycles. The second-order valence-corrected chi connectivity index (χ2v) is 6.23. The first-order valence-electron chi connectivity index (χ1n) is 8.55. The van der Waals surface area contributed by atoms with E-state index in [2.05, 4.69) is 62.9 Å². The quantitative estimate of drug-likeness (QED) is 0.565. The lowest BCUT2D eigenvalue weighted by molar-refractivity contribution is 0.122. The number of morpholine rings is 1. The van der Waals surface area contributed by atoms with Crippen molar-refractivity contribution in [1.82, 2.24) is 14.4 Å². The first-order chi connectivity index (χ1) is 12.4. The van der Waals surface area contributed by atoms with Crippen LogP contribution in [0.2, 0.25) is 0 Å². The van der Waals surface area contributed by atoms with Gasteiger partial charge in [-0.3, -0.25) is 0 Å². The van der Waals surface area contributed by atoms with Gasteiger partial charge in [0, 0.05) is 37.2 Å². The molecule has 4 aromatic rings. The lowest BCUT2D eigenvalue weighted by Crippen LogP contribution is -2.37. The smallest absolute Gasteiger partial charge is 0.180 e. The van der Waals surface area contributed by atoms with E-state index in [0.29, 0.717) is 0 Å². The summed E-state index contributed by atoms with van der Waals surface area (Å²) in [6, 6.07) is 14.8. The molecular weight excluding hydrogens is 312 g/mol. The van der Waals surface area contributed by atoms with Crippen LogP contribution in [0.3, 0.4) is 0 Å². The lowest BCUT2D eigenvalue weighted by atomic mass is 10.0. The van der Waals surface area contributed by atoms with Gasteiger partial charge in [0.05, 0.1) is 18.9 Å². The van der Waals surface area contributed by atoms with Crippen LogP contribution in [0.4, 0.5) is 5.82 Å².